The van der Waals surface area contributed by atoms with E-state index in [9.17, 15) is 4.79 Å². The van der Waals surface area contributed by atoms with Crippen LogP contribution in [0.2, 0.25) is 0 Å². The number of nitrogens with one attached hydrogen (secondary N) is 2. The van der Waals surface area contributed by atoms with Gasteiger partial charge in [0.15, 0.2) is 0 Å². The molecule has 104 valence electrons. The van der Waals surface area contributed by atoms with Gasteiger partial charge < -0.3 is 15.2 Å². The molecule has 5 nitrogen and oxygen atoms in total. The van der Waals surface area contributed by atoms with E-state index < -0.39 is 0 Å². The summed E-state index contributed by atoms with van der Waals surface area (Å²) in [4.78, 5) is 21.6. The highest BCUT2D eigenvalue weighted by Crippen LogP contribution is 2.30. The van der Waals surface area contributed by atoms with Gasteiger partial charge >= 0.3 is 6.03 Å². The van der Waals surface area contributed by atoms with Crippen LogP contribution in [0.1, 0.15) is 30.3 Å². The Morgan fingerprint density at radius 3 is 3.10 bits per heavy atom. The number of likely N-dealkylation sites (tertiary alicyclic amines) is 1. The van der Waals surface area contributed by atoms with Crippen LogP contribution in [-0.2, 0) is 6.54 Å². The van der Waals surface area contributed by atoms with Crippen LogP contribution in [0.4, 0.5) is 4.79 Å². The fourth-order valence-corrected chi connectivity index (χ4v) is 2.66. The van der Waals surface area contributed by atoms with E-state index in [1.807, 2.05) is 41.4 Å². The molecule has 0 spiro atoms. The predicted molar refractivity (Wildman–Crippen MR) is 75.9 cm³/mol. The van der Waals surface area contributed by atoms with Crippen molar-refractivity contribution in [3.05, 3.63) is 54.1 Å². The first-order valence-corrected chi connectivity index (χ1v) is 6.92. The van der Waals surface area contributed by atoms with Gasteiger partial charge in [0.25, 0.3) is 0 Å². The summed E-state index contributed by atoms with van der Waals surface area (Å²) in [7, 11) is 0. The molecule has 3 rings (SSSR count). The number of nitrogens with zero attached hydrogens (tertiary/aromatic N) is 2. The highest BCUT2D eigenvalue weighted by molar-refractivity contribution is 5.75. The van der Waals surface area contributed by atoms with Crippen molar-refractivity contribution in [1.29, 1.82) is 0 Å². The average Bonchev–Trinajstić information content (AvgIpc) is 3.15. The number of pyridine rings is 1. The summed E-state index contributed by atoms with van der Waals surface area (Å²) in [5.74, 6) is 0. The van der Waals surface area contributed by atoms with E-state index in [1.165, 1.54) is 0 Å². The van der Waals surface area contributed by atoms with Gasteiger partial charge in [0, 0.05) is 24.6 Å². The minimum absolute atomic E-state index is 0.0206. The average molecular weight is 270 g/mol. The Hall–Kier alpha value is -2.30. The topological polar surface area (TPSA) is 61.0 Å². The van der Waals surface area contributed by atoms with Gasteiger partial charge in [-0.25, -0.2) is 4.79 Å². The smallest absolute Gasteiger partial charge is 0.318 e. The van der Waals surface area contributed by atoms with Crippen LogP contribution in [0, 0.1) is 0 Å². The lowest BCUT2D eigenvalue weighted by Crippen LogP contribution is -2.39. The molecule has 3 heterocycles. The molecule has 2 N–H and O–H groups in total. The predicted octanol–water partition coefficient (Wildman–Crippen LogP) is 2.46. The first-order valence-electron chi connectivity index (χ1n) is 6.92. The Morgan fingerprint density at radius 1 is 1.40 bits per heavy atom. The molecule has 2 amide bonds. The van der Waals surface area contributed by atoms with Gasteiger partial charge in [0.2, 0.25) is 0 Å². The van der Waals surface area contributed by atoms with Crippen LogP contribution in [0.5, 0.6) is 0 Å². The summed E-state index contributed by atoms with van der Waals surface area (Å²) in [5, 5.41) is 2.94. The maximum Gasteiger partial charge on any atom is 0.318 e. The molecule has 2 aromatic heterocycles. The van der Waals surface area contributed by atoms with Crippen molar-refractivity contribution in [1.82, 2.24) is 20.2 Å². The lowest BCUT2D eigenvalue weighted by Gasteiger charge is -2.24. The number of urea groups is 1. The number of H-pyrrole nitrogens is 1. The van der Waals surface area contributed by atoms with E-state index in [4.69, 9.17) is 0 Å². The minimum Gasteiger partial charge on any atom is -0.363 e. The van der Waals surface area contributed by atoms with E-state index in [-0.39, 0.29) is 12.1 Å². The standard InChI is InChI=1S/C15H18N4O/c20-15(18-11-12-5-1-2-8-16-12)19-10-4-7-14(19)13-6-3-9-17-13/h1-3,5-6,8-9,14,17H,4,7,10-11H2,(H,18,20)/t14-/m0/s1. The Morgan fingerprint density at radius 2 is 2.35 bits per heavy atom. The number of carbonyl (C=O) groups is 1. The summed E-state index contributed by atoms with van der Waals surface area (Å²) in [5.41, 5.74) is 1.98. The van der Waals surface area contributed by atoms with Crippen molar-refractivity contribution in [2.45, 2.75) is 25.4 Å². The van der Waals surface area contributed by atoms with Crippen molar-refractivity contribution >= 4 is 6.03 Å². The molecule has 1 fully saturated rings. The molecule has 0 unspecified atom stereocenters. The van der Waals surface area contributed by atoms with Gasteiger partial charge in [-0.05, 0) is 37.1 Å². The van der Waals surface area contributed by atoms with Crippen LogP contribution in [0.3, 0.4) is 0 Å². The van der Waals surface area contributed by atoms with Crippen LogP contribution in [0.15, 0.2) is 42.7 Å². The third kappa shape index (κ3) is 2.66. The summed E-state index contributed by atoms with van der Waals surface area (Å²) in [6, 6.07) is 9.85. The van der Waals surface area contributed by atoms with Gasteiger partial charge in [0.1, 0.15) is 0 Å². The molecule has 0 aliphatic carbocycles. The highest BCUT2D eigenvalue weighted by atomic mass is 16.2. The van der Waals surface area contributed by atoms with Crippen molar-refractivity contribution in [3.8, 4) is 0 Å². The van der Waals surface area contributed by atoms with E-state index in [0.717, 1.165) is 30.8 Å². The minimum atomic E-state index is -0.0206. The number of amides is 2. The molecule has 0 radical (unpaired) electrons. The van der Waals surface area contributed by atoms with Crippen molar-refractivity contribution in [2.75, 3.05) is 6.54 Å². The molecular formula is C15H18N4O. The van der Waals surface area contributed by atoms with Gasteiger partial charge in [-0.1, -0.05) is 6.07 Å². The number of hydrogen-bond donors (Lipinski definition) is 2. The van der Waals surface area contributed by atoms with Gasteiger partial charge in [-0.15, -0.1) is 0 Å². The number of rotatable bonds is 3. The number of aromatic nitrogens is 2. The molecule has 0 bridgehead atoms. The molecule has 2 aromatic rings. The molecule has 1 saturated heterocycles. The molecule has 0 saturated carbocycles. The molecule has 1 aliphatic rings. The third-order valence-electron chi connectivity index (χ3n) is 3.64. The normalized spacial score (nSPS) is 18.2. The van der Waals surface area contributed by atoms with Crippen LogP contribution in [-0.4, -0.2) is 27.4 Å². The fraction of sp³-hybridized carbons (Fsp3) is 0.333. The zero-order valence-corrected chi connectivity index (χ0v) is 11.2. The summed E-state index contributed by atoms with van der Waals surface area (Å²) in [6.07, 6.45) is 5.69. The molecule has 1 atom stereocenters. The molecule has 5 heteroatoms. The molecular weight excluding hydrogens is 252 g/mol. The maximum atomic E-state index is 12.3. The Labute approximate surface area is 118 Å². The van der Waals surface area contributed by atoms with Gasteiger partial charge in [-0.2, -0.15) is 0 Å². The van der Waals surface area contributed by atoms with Gasteiger partial charge in [0.05, 0.1) is 18.3 Å². The van der Waals surface area contributed by atoms with E-state index in [0.29, 0.717) is 6.54 Å². The molecule has 1 aliphatic heterocycles. The summed E-state index contributed by atoms with van der Waals surface area (Å²) in [6.45, 7) is 1.27. The SMILES string of the molecule is O=C(NCc1ccccn1)N1CCC[C@H]1c1ccc[nH]1. The highest BCUT2D eigenvalue weighted by Gasteiger charge is 2.30. The first kappa shape index (κ1) is 12.7. The van der Waals surface area contributed by atoms with E-state index >= 15 is 0 Å². The lowest BCUT2D eigenvalue weighted by molar-refractivity contribution is 0.191. The van der Waals surface area contributed by atoms with Crippen molar-refractivity contribution in [3.63, 3.8) is 0 Å². The van der Waals surface area contributed by atoms with E-state index in [1.54, 1.807) is 6.20 Å². The third-order valence-corrected chi connectivity index (χ3v) is 3.64. The number of aromatic amines is 1. The molecule has 0 aromatic carbocycles. The fourth-order valence-electron chi connectivity index (χ4n) is 2.66. The maximum absolute atomic E-state index is 12.3. The molecule has 20 heavy (non-hydrogen) atoms. The summed E-state index contributed by atoms with van der Waals surface area (Å²) < 4.78 is 0. The second kappa shape index (κ2) is 5.77. The zero-order chi connectivity index (χ0) is 13.8. The van der Waals surface area contributed by atoms with Crippen LogP contribution >= 0.6 is 0 Å². The van der Waals surface area contributed by atoms with Crippen LogP contribution < -0.4 is 5.32 Å². The largest absolute Gasteiger partial charge is 0.363 e. The van der Waals surface area contributed by atoms with Gasteiger partial charge in [-0.3, -0.25) is 4.98 Å². The Bertz CT molecular complexity index is 553. The number of hydrogen-bond acceptors (Lipinski definition) is 2. The Kier molecular flexibility index (Phi) is 3.67. The Balaban J connectivity index is 1.62. The quantitative estimate of drug-likeness (QED) is 0.900. The van der Waals surface area contributed by atoms with Crippen molar-refractivity contribution < 1.29 is 4.79 Å². The van der Waals surface area contributed by atoms with Crippen LogP contribution in [0.25, 0.3) is 0 Å². The van der Waals surface area contributed by atoms with E-state index in [2.05, 4.69) is 15.3 Å². The second-order valence-corrected chi connectivity index (χ2v) is 4.96. The van der Waals surface area contributed by atoms with Crippen molar-refractivity contribution in [2.24, 2.45) is 0 Å². The monoisotopic (exact) mass is 270 g/mol. The first-order chi connectivity index (χ1) is 9.84. The summed E-state index contributed by atoms with van der Waals surface area (Å²) >= 11 is 0. The zero-order valence-electron chi connectivity index (χ0n) is 11.2. The second-order valence-electron chi connectivity index (χ2n) is 4.96. The lowest BCUT2D eigenvalue weighted by atomic mass is 10.1. The number of carbonyl (C=O) groups excluding carboxylic acids is 1.